The van der Waals surface area contributed by atoms with Gasteiger partial charge in [0.2, 0.25) is 0 Å². The van der Waals surface area contributed by atoms with Crippen molar-refractivity contribution in [3.8, 4) is 0 Å². The first kappa shape index (κ1) is 20.6. The van der Waals surface area contributed by atoms with Crippen LogP contribution in [0.15, 0.2) is 0 Å². The van der Waals surface area contributed by atoms with E-state index in [0.29, 0.717) is 17.6 Å². The molecule has 2 saturated carbocycles. The van der Waals surface area contributed by atoms with Crippen LogP contribution in [0.3, 0.4) is 0 Å². The molecular weight excluding hydrogens is 320 g/mol. The molecule has 2 nitrogen and oxygen atoms in total. The Morgan fingerprint density at radius 1 is 0.846 bits per heavy atom. The highest BCUT2D eigenvalue weighted by Crippen LogP contribution is 2.67. The highest BCUT2D eigenvalue weighted by atomic mass is 16.6. The topological polar surface area (TPSA) is 25.1 Å². The number of rotatable bonds is 7. The van der Waals surface area contributed by atoms with Crippen LogP contribution in [0.5, 0.6) is 0 Å². The largest absolute Gasteiger partial charge is 0.367 e. The molecule has 26 heavy (non-hydrogen) atoms. The summed E-state index contributed by atoms with van der Waals surface area (Å²) in [6, 6.07) is 0. The van der Waals surface area contributed by atoms with E-state index in [4.69, 9.17) is 9.47 Å². The van der Waals surface area contributed by atoms with E-state index >= 15 is 0 Å². The summed E-state index contributed by atoms with van der Waals surface area (Å²) >= 11 is 0. The zero-order chi connectivity index (χ0) is 19.4. The lowest BCUT2D eigenvalue weighted by molar-refractivity contribution is 0.0748. The molecular formula is C24H44O2. The maximum atomic E-state index is 6.17. The van der Waals surface area contributed by atoms with Gasteiger partial charge in [-0.05, 0) is 94.8 Å². The van der Waals surface area contributed by atoms with Crippen LogP contribution in [0.1, 0.15) is 107 Å². The average molecular weight is 365 g/mol. The number of fused-ring (bicyclic) bond motifs is 1. The van der Waals surface area contributed by atoms with Crippen LogP contribution >= 0.6 is 0 Å². The maximum absolute atomic E-state index is 6.17. The Morgan fingerprint density at radius 2 is 1.46 bits per heavy atom. The van der Waals surface area contributed by atoms with Gasteiger partial charge < -0.3 is 9.47 Å². The standard InChI is InChI=1S/C22H38O2.C2H6/c1-15(2)22(12-11-20(5)13-16(20)14-22)10-8-18-21(6,24-18)9-7-17-19(3,4)23-17;1-2/h15-18H,7-14H2,1-6H3;1-2H3. The minimum atomic E-state index is 0.126. The summed E-state index contributed by atoms with van der Waals surface area (Å²) in [5, 5.41) is 0. The van der Waals surface area contributed by atoms with Crippen LogP contribution in [-0.2, 0) is 9.47 Å². The third-order valence-corrected chi connectivity index (χ3v) is 8.62. The van der Waals surface area contributed by atoms with Gasteiger partial charge in [-0.3, -0.25) is 0 Å². The minimum Gasteiger partial charge on any atom is -0.367 e. The smallest absolute Gasteiger partial charge is 0.0921 e. The molecule has 2 aliphatic carbocycles. The van der Waals surface area contributed by atoms with Crippen molar-refractivity contribution >= 4 is 0 Å². The molecule has 2 heterocycles. The van der Waals surface area contributed by atoms with Crippen molar-refractivity contribution in [1.82, 2.24) is 0 Å². The fraction of sp³-hybridized carbons (Fsp3) is 1.00. The van der Waals surface area contributed by atoms with Crippen molar-refractivity contribution in [2.45, 2.75) is 130 Å². The van der Waals surface area contributed by atoms with Gasteiger partial charge in [0.05, 0.1) is 23.4 Å². The molecule has 4 fully saturated rings. The Balaban J connectivity index is 0.000000948. The number of epoxide rings is 2. The third-order valence-electron chi connectivity index (χ3n) is 8.62. The van der Waals surface area contributed by atoms with E-state index in [-0.39, 0.29) is 11.2 Å². The molecule has 0 amide bonds. The van der Waals surface area contributed by atoms with Crippen LogP contribution in [0.4, 0.5) is 0 Å². The van der Waals surface area contributed by atoms with Crippen molar-refractivity contribution in [3.05, 3.63) is 0 Å². The Bertz CT molecular complexity index is 512. The van der Waals surface area contributed by atoms with Gasteiger partial charge >= 0.3 is 0 Å². The molecule has 0 radical (unpaired) electrons. The summed E-state index contributed by atoms with van der Waals surface area (Å²) in [5.41, 5.74) is 1.58. The lowest BCUT2D eigenvalue weighted by Gasteiger charge is -2.43. The fourth-order valence-electron chi connectivity index (χ4n) is 5.75. The van der Waals surface area contributed by atoms with Crippen molar-refractivity contribution in [3.63, 3.8) is 0 Å². The maximum Gasteiger partial charge on any atom is 0.0921 e. The van der Waals surface area contributed by atoms with Crippen LogP contribution in [-0.4, -0.2) is 23.4 Å². The second-order valence-corrected chi connectivity index (χ2v) is 11.0. The Hall–Kier alpha value is -0.0800. The Labute approximate surface area is 162 Å². The van der Waals surface area contributed by atoms with Gasteiger partial charge in [0.15, 0.2) is 0 Å². The Morgan fingerprint density at radius 3 is 2.00 bits per heavy atom. The van der Waals surface area contributed by atoms with E-state index in [9.17, 15) is 0 Å². The monoisotopic (exact) mass is 364 g/mol. The van der Waals surface area contributed by atoms with Crippen molar-refractivity contribution in [1.29, 1.82) is 0 Å². The molecule has 152 valence electrons. The lowest BCUT2D eigenvalue weighted by Crippen LogP contribution is -2.33. The first-order valence-corrected chi connectivity index (χ1v) is 11.4. The summed E-state index contributed by atoms with van der Waals surface area (Å²) in [7, 11) is 0. The van der Waals surface area contributed by atoms with Crippen LogP contribution in [0.2, 0.25) is 0 Å². The molecule has 0 spiro atoms. The molecule has 0 aromatic rings. The zero-order valence-corrected chi connectivity index (χ0v) is 18.8. The number of hydrogen-bond acceptors (Lipinski definition) is 2. The van der Waals surface area contributed by atoms with Crippen LogP contribution in [0, 0.1) is 22.7 Å². The SMILES string of the molecule is CC.CC(C)C1(CCC2OC2(C)CCC2OC2(C)C)CCC2(C)CC2C1. The first-order chi connectivity index (χ1) is 12.1. The molecule has 0 aromatic carbocycles. The van der Waals surface area contributed by atoms with Crippen molar-refractivity contribution < 1.29 is 9.47 Å². The molecule has 4 aliphatic rings. The van der Waals surface area contributed by atoms with E-state index in [0.717, 1.165) is 23.7 Å². The summed E-state index contributed by atoms with van der Waals surface area (Å²) in [4.78, 5) is 0. The minimum absolute atomic E-state index is 0.126. The molecule has 6 unspecified atom stereocenters. The van der Waals surface area contributed by atoms with Crippen LogP contribution < -0.4 is 0 Å². The van der Waals surface area contributed by atoms with Gasteiger partial charge in [0.25, 0.3) is 0 Å². The molecule has 2 aliphatic heterocycles. The van der Waals surface area contributed by atoms with E-state index in [2.05, 4.69) is 41.5 Å². The van der Waals surface area contributed by atoms with E-state index < -0.39 is 0 Å². The highest BCUT2D eigenvalue weighted by molar-refractivity contribution is 5.09. The van der Waals surface area contributed by atoms with Crippen molar-refractivity contribution in [2.24, 2.45) is 22.7 Å². The quantitative estimate of drug-likeness (QED) is 0.466. The Kier molecular flexibility index (Phi) is 5.37. The number of hydrogen-bond donors (Lipinski definition) is 0. The van der Waals surface area contributed by atoms with E-state index in [1.165, 1.54) is 44.9 Å². The number of ether oxygens (including phenoxy) is 2. The van der Waals surface area contributed by atoms with Crippen LogP contribution in [0.25, 0.3) is 0 Å². The fourth-order valence-corrected chi connectivity index (χ4v) is 5.75. The average Bonchev–Trinajstić information content (AvgIpc) is 3.51. The third kappa shape index (κ3) is 3.88. The molecule has 0 aromatic heterocycles. The van der Waals surface area contributed by atoms with E-state index in [1.807, 2.05) is 13.8 Å². The highest BCUT2D eigenvalue weighted by Gasteiger charge is 2.59. The van der Waals surface area contributed by atoms with Gasteiger partial charge in [-0.15, -0.1) is 0 Å². The summed E-state index contributed by atoms with van der Waals surface area (Å²) in [6.45, 7) is 18.2. The molecule has 2 saturated heterocycles. The predicted molar refractivity (Wildman–Crippen MR) is 109 cm³/mol. The molecule has 4 rings (SSSR count). The normalized spacial score (nSPS) is 47.7. The first-order valence-electron chi connectivity index (χ1n) is 11.4. The summed E-state index contributed by atoms with van der Waals surface area (Å²) in [5.74, 6) is 1.84. The molecule has 0 bridgehead atoms. The van der Waals surface area contributed by atoms with E-state index in [1.54, 1.807) is 0 Å². The van der Waals surface area contributed by atoms with Gasteiger partial charge in [0.1, 0.15) is 0 Å². The second kappa shape index (κ2) is 6.76. The van der Waals surface area contributed by atoms with Gasteiger partial charge in [-0.1, -0.05) is 34.6 Å². The molecule has 6 atom stereocenters. The van der Waals surface area contributed by atoms with Crippen molar-refractivity contribution in [2.75, 3.05) is 0 Å². The lowest BCUT2D eigenvalue weighted by atomic mass is 9.62. The summed E-state index contributed by atoms with van der Waals surface area (Å²) < 4.78 is 11.9. The molecule has 2 heteroatoms. The van der Waals surface area contributed by atoms with Gasteiger partial charge in [0, 0.05) is 0 Å². The second-order valence-electron chi connectivity index (χ2n) is 11.0. The zero-order valence-electron chi connectivity index (χ0n) is 18.8. The van der Waals surface area contributed by atoms with Gasteiger partial charge in [-0.2, -0.15) is 0 Å². The predicted octanol–water partition coefficient (Wildman–Crippen LogP) is 6.76. The van der Waals surface area contributed by atoms with Gasteiger partial charge in [-0.25, -0.2) is 0 Å². The molecule has 0 N–H and O–H groups in total. The summed E-state index contributed by atoms with van der Waals surface area (Å²) in [6.07, 6.45) is 11.8.